The lowest BCUT2D eigenvalue weighted by atomic mass is 10.0. The maximum absolute atomic E-state index is 11.7. The van der Waals surface area contributed by atoms with Crippen LogP contribution < -0.4 is 0 Å². The summed E-state index contributed by atoms with van der Waals surface area (Å²) in [5.74, 6) is -0.865. The fraction of sp³-hybridized carbons (Fsp3) is 0.818. The molecule has 0 aliphatic heterocycles. The molecule has 0 fully saturated rings. The van der Waals surface area contributed by atoms with Gasteiger partial charge < -0.3 is 14.7 Å². The topological polar surface area (TPSA) is 66.8 Å². The summed E-state index contributed by atoms with van der Waals surface area (Å²) in [7, 11) is 3.24. The van der Waals surface area contributed by atoms with E-state index in [0.717, 1.165) is 0 Å². The highest BCUT2D eigenvalue weighted by Gasteiger charge is 2.23. The Morgan fingerprint density at radius 2 is 1.94 bits per heavy atom. The van der Waals surface area contributed by atoms with Crippen molar-refractivity contribution in [1.82, 2.24) is 4.90 Å². The number of amides is 1. The van der Waals surface area contributed by atoms with Gasteiger partial charge in [0.1, 0.15) is 0 Å². The van der Waals surface area contributed by atoms with E-state index in [0.29, 0.717) is 19.4 Å². The van der Waals surface area contributed by atoms with E-state index in [1.54, 1.807) is 19.1 Å². The Balaban J connectivity index is 3.95. The van der Waals surface area contributed by atoms with Gasteiger partial charge in [-0.2, -0.15) is 0 Å². The molecule has 0 atom stereocenters. The molecule has 5 heteroatoms. The van der Waals surface area contributed by atoms with Gasteiger partial charge in [-0.15, -0.1) is 0 Å². The summed E-state index contributed by atoms with van der Waals surface area (Å²) in [6.45, 7) is 4.15. The van der Waals surface area contributed by atoms with Crippen LogP contribution in [0.4, 0.5) is 0 Å². The zero-order valence-corrected chi connectivity index (χ0v) is 10.4. The predicted molar refractivity (Wildman–Crippen MR) is 60.2 cm³/mol. The van der Waals surface area contributed by atoms with Gasteiger partial charge in [-0.25, -0.2) is 0 Å². The molecule has 0 rings (SSSR count). The molecule has 0 aliphatic rings. The molecule has 16 heavy (non-hydrogen) atoms. The number of nitrogens with zero attached hydrogens (tertiary/aromatic N) is 1. The van der Waals surface area contributed by atoms with Gasteiger partial charge in [0.05, 0.1) is 12.0 Å². The zero-order chi connectivity index (χ0) is 12.8. The molecule has 0 aromatic heterocycles. The molecule has 0 aromatic carbocycles. The number of carboxylic acids is 1. The Labute approximate surface area is 96.4 Å². The molecule has 0 aromatic rings. The highest BCUT2D eigenvalue weighted by Crippen LogP contribution is 2.14. The molecule has 0 saturated carbocycles. The van der Waals surface area contributed by atoms with Gasteiger partial charge in [-0.3, -0.25) is 9.59 Å². The number of hydrogen-bond donors (Lipinski definition) is 1. The van der Waals surface area contributed by atoms with E-state index in [9.17, 15) is 9.59 Å². The Hall–Kier alpha value is -1.10. The third-order valence-corrected chi connectivity index (χ3v) is 2.44. The number of ether oxygens (including phenoxy) is 1. The smallest absolute Gasteiger partial charge is 0.303 e. The lowest BCUT2D eigenvalue weighted by molar-refractivity contribution is -0.139. The van der Waals surface area contributed by atoms with E-state index in [4.69, 9.17) is 9.84 Å². The SMILES string of the molecule is COC(C)(C)CC(=O)N(C)CCCC(=O)O. The van der Waals surface area contributed by atoms with E-state index in [1.807, 2.05) is 13.8 Å². The second-order valence-electron chi connectivity index (χ2n) is 4.45. The van der Waals surface area contributed by atoms with Crippen LogP contribution in [0.5, 0.6) is 0 Å². The van der Waals surface area contributed by atoms with Crippen molar-refractivity contribution in [3.63, 3.8) is 0 Å². The first-order valence-corrected chi connectivity index (χ1v) is 5.29. The molecule has 0 spiro atoms. The number of aliphatic carboxylic acids is 1. The molecule has 5 nitrogen and oxygen atoms in total. The summed E-state index contributed by atoms with van der Waals surface area (Å²) in [6.07, 6.45) is 0.864. The molecule has 1 N–H and O–H groups in total. The summed E-state index contributed by atoms with van der Waals surface area (Å²) in [6, 6.07) is 0. The minimum Gasteiger partial charge on any atom is -0.481 e. The molecular formula is C11H21NO4. The van der Waals surface area contributed by atoms with Crippen LogP contribution in [0.1, 0.15) is 33.1 Å². The van der Waals surface area contributed by atoms with E-state index in [2.05, 4.69) is 0 Å². The monoisotopic (exact) mass is 231 g/mol. The maximum Gasteiger partial charge on any atom is 0.303 e. The lowest BCUT2D eigenvalue weighted by Crippen LogP contribution is -2.35. The van der Waals surface area contributed by atoms with Crippen LogP contribution in [0.15, 0.2) is 0 Å². The molecule has 0 bridgehead atoms. The fourth-order valence-corrected chi connectivity index (χ4v) is 1.16. The number of carbonyl (C=O) groups is 2. The number of methoxy groups -OCH3 is 1. The van der Waals surface area contributed by atoms with E-state index in [1.165, 1.54) is 0 Å². The van der Waals surface area contributed by atoms with Crippen molar-refractivity contribution in [2.75, 3.05) is 20.7 Å². The van der Waals surface area contributed by atoms with Crippen LogP contribution in [-0.4, -0.2) is 48.2 Å². The van der Waals surface area contributed by atoms with Gasteiger partial charge in [0.2, 0.25) is 5.91 Å². The van der Waals surface area contributed by atoms with Crippen molar-refractivity contribution in [2.45, 2.75) is 38.7 Å². The third-order valence-electron chi connectivity index (χ3n) is 2.44. The van der Waals surface area contributed by atoms with Crippen LogP contribution in [0.3, 0.4) is 0 Å². The Kier molecular flexibility index (Phi) is 6.03. The lowest BCUT2D eigenvalue weighted by Gasteiger charge is -2.25. The highest BCUT2D eigenvalue weighted by atomic mass is 16.5. The predicted octanol–water partition coefficient (Wildman–Crippen LogP) is 1.12. The van der Waals surface area contributed by atoms with E-state index in [-0.39, 0.29) is 12.3 Å². The Morgan fingerprint density at radius 1 is 1.38 bits per heavy atom. The first kappa shape index (κ1) is 14.9. The second-order valence-corrected chi connectivity index (χ2v) is 4.45. The minimum absolute atomic E-state index is 0.0303. The van der Waals surface area contributed by atoms with Gasteiger partial charge in [-0.05, 0) is 20.3 Å². The van der Waals surface area contributed by atoms with Gasteiger partial charge in [0.15, 0.2) is 0 Å². The van der Waals surface area contributed by atoms with Crippen molar-refractivity contribution in [1.29, 1.82) is 0 Å². The molecular weight excluding hydrogens is 210 g/mol. The summed E-state index contributed by atoms with van der Waals surface area (Å²) >= 11 is 0. The summed E-state index contributed by atoms with van der Waals surface area (Å²) in [4.78, 5) is 23.5. The van der Waals surface area contributed by atoms with Gasteiger partial charge in [-0.1, -0.05) is 0 Å². The number of carboxylic acid groups (broad SMARTS) is 1. The van der Waals surface area contributed by atoms with Crippen LogP contribution in [0.2, 0.25) is 0 Å². The maximum atomic E-state index is 11.7. The van der Waals surface area contributed by atoms with Crippen LogP contribution in [0, 0.1) is 0 Å². The van der Waals surface area contributed by atoms with Gasteiger partial charge >= 0.3 is 5.97 Å². The summed E-state index contributed by atoms with van der Waals surface area (Å²) in [5, 5.41) is 8.47. The molecule has 1 amide bonds. The number of rotatable bonds is 7. The molecule has 94 valence electrons. The quantitative estimate of drug-likeness (QED) is 0.713. The highest BCUT2D eigenvalue weighted by molar-refractivity contribution is 5.77. The normalized spacial score (nSPS) is 11.2. The van der Waals surface area contributed by atoms with Crippen molar-refractivity contribution in [3.8, 4) is 0 Å². The summed E-state index contributed by atoms with van der Waals surface area (Å²) < 4.78 is 5.16. The summed E-state index contributed by atoms with van der Waals surface area (Å²) in [5.41, 5.74) is -0.474. The molecule has 0 unspecified atom stereocenters. The van der Waals surface area contributed by atoms with E-state index < -0.39 is 11.6 Å². The number of carbonyl (C=O) groups excluding carboxylic acids is 1. The van der Waals surface area contributed by atoms with Crippen LogP contribution in [-0.2, 0) is 14.3 Å². The fourth-order valence-electron chi connectivity index (χ4n) is 1.16. The molecule has 0 radical (unpaired) electrons. The van der Waals surface area contributed by atoms with Crippen molar-refractivity contribution in [3.05, 3.63) is 0 Å². The van der Waals surface area contributed by atoms with Crippen LogP contribution >= 0.6 is 0 Å². The first-order valence-electron chi connectivity index (χ1n) is 5.29. The van der Waals surface area contributed by atoms with E-state index >= 15 is 0 Å². The van der Waals surface area contributed by atoms with Crippen molar-refractivity contribution in [2.24, 2.45) is 0 Å². The second kappa shape index (κ2) is 6.48. The third kappa shape index (κ3) is 6.40. The van der Waals surface area contributed by atoms with Gasteiger partial charge in [0, 0.05) is 27.1 Å². The van der Waals surface area contributed by atoms with Crippen LogP contribution in [0.25, 0.3) is 0 Å². The first-order chi connectivity index (χ1) is 7.28. The Bertz CT molecular complexity index is 250. The zero-order valence-electron chi connectivity index (χ0n) is 10.4. The molecule has 0 heterocycles. The van der Waals surface area contributed by atoms with Gasteiger partial charge in [0.25, 0.3) is 0 Å². The van der Waals surface area contributed by atoms with Crippen molar-refractivity contribution >= 4 is 11.9 Å². The Morgan fingerprint density at radius 3 is 2.38 bits per heavy atom. The minimum atomic E-state index is -0.835. The average Bonchev–Trinajstić information content (AvgIpc) is 2.16. The standard InChI is InChI=1S/C11H21NO4/c1-11(2,16-4)8-9(13)12(3)7-5-6-10(14)15/h5-8H2,1-4H3,(H,14,15). The average molecular weight is 231 g/mol. The van der Waals surface area contributed by atoms with Crippen molar-refractivity contribution < 1.29 is 19.4 Å². The number of hydrogen-bond acceptors (Lipinski definition) is 3. The molecule has 0 aliphatic carbocycles. The largest absolute Gasteiger partial charge is 0.481 e. The molecule has 0 saturated heterocycles.